The molecule has 0 spiro atoms. The summed E-state index contributed by atoms with van der Waals surface area (Å²) in [5, 5.41) is 20.8. The van der Waals surface area contributed by atoms with Gasteiger partial charge < -0.3 is 10.2 Å². The lowest BCUT2D eigenvalue weighted by Crippen LogP contribution is -2.22. The van der Waals surface area contributed by atoms with E-state index in [0.29, 0.717) is 6.42 Å². The molecule has 0 aliphatic heterocycles. The molecular weight excluding hydrogens is 224 g/mol. The van der Waals surface area contributed by atoms with E-state index >= 15 is 0 Å². The van der Waals surface area contributed by atoms with Gasteiger partial charge in [0.1, 0.15) is 0 Å². The molecule has 2 rings (SSSR count). The molecule has 0 saturated heterocycles. The highest BCUT2D eigenvalue weighted by Crippen LogP contribution is 2.20. The lowest BCUT2D eigenvalue weighted by molar-refractivity contribution is 0.0695. The highest BCUT2D eigenvalue weighted by Gasteiger charge is 2.14. The Balaban J connectivity index is 2.37. The molecule has 0 aliphatic carbocycles. The number of benzene rings is 2. The van der Waals surface area contributed by atoms with Crippen LogP contribution in [-0.2, 0) is 6.42 Å². The van der Waals surface area contributed by atoms with Crippen LogP contribution in [0.15, 0.2) is 42.5 Å². The Morgan fingerprint density at radius 3 is 2.44 bits per heavy atom. The van der Waals surface area contributed by atoms with Crippen LogP contribution in [0.5, 0.6) is 0 Å². The number of fused-ring (bicyclic) bond motifs is 1. The largest absolute Gasteiger partial charge is 0.389 e. The monoisotopic (exact) mass is 236 g/mol. The molecule has 2 aromatic rings. The summed E-state index contributed by atoms with van der Waals surface area (Å²) in [5.41, 5.74) is -0.232. The van der Waals surface area contributed by atoms with Crippen LogP contribution in [0.25, 0.3) is 10.8 Å². The molecule has 2 aromatic carbocycles. The molecule has 0 saturated carbocycles. The highest BCUT2D eigenvalue weighted by molar-refractivity contribution is 6.19. The SMILES string of the molecule is OC(Cl)C(O)Cc1cccc2ccccc12. The van der Waals surface area contributed by atoms with Crippen LogP contribution in [0.2, 0.25) is 0 Å². The molecule has 0 aliphatic rings. The van der Waals surface area contributed by atoms with E-state index in [4.69, 9.17) is 16.7 Å². The third kappa shape index (κ3) is 2.35. The average Bonchev–Trinajstić information content (AvgIpc) is 2.29. The Morgan fingerprint density at radius 2 is 1.69 bits per heavy atom. The standard InChI is InChI=1S/C13H13ClO2/c14-13(16)12(15)8-10-6-3-5-9-4-1-2-7-11(9)10/h1-7,12-13,15-16H,8H2. The van der Waals surface area contributed by atoms with E-state index in [1.165, 1.54) is 0 Å². The Morgan fingerprint density at radius 1 is 1.00 bits per heavy atom. The molecule has 0 radical (unpaired) electrons. The van der Waals surface area contributed by atoms with E-state index < -0.39 is 11.7 Å². The lowest BCUT2D eigenvalue weighted by Gasteiger charge is -2.13. The Hall–Kier alpha value is -1.09. The van der Waals surface area contributed by atoms with Gasteiger partial charge in [0.25, 0.3) is 0 Å². The van der Waals surface area contributed by atoms with Gasteiger partial charge in [-0.1, -0.05) is 54.1 Å². The summed E-state index contributed by atoms with van der Waals surface area (Å²) in [6.45, 7) is 0. The van der Waals surface area contributed by atoms with Crippen molar-refractivity contribution in [3.63, 3.8) is 0 Å². The van der Waals surface area contributed by atoms with Crippen LogP contribution in [-0.4, -0.2) is 21.9 Å². The van der Waals surface area contributed by atoms with Gasteiger partial charge in [0.2, 0.25) is 0 Å². The van der Waals surface area contributed by atoms with Crippen LogP contribution < -0.4 is 0 Å². The number of aliphatic hydroxyl groups is 2. The van der Waals surface area contributed by atoms with E-state index in [1.54, 1.807) is 0 Å². The predicted molar refractivity (Wildman–Crippen MR) is 65.5 cm³/mol. The maximum Gasteiger partial charge on any atom is 0.154 e. The highest BCUT2D eigenvalue weighted by atomic mass is 35.5. The third-order valence-electron chi connectivity index (χ3n) is 2.63. The van der Waals surface area contributed by atoms with E-state index in [-0.39, 0.29) is 0 Å². The molecule has 2 atom stereocenters. The number of alkyl halides is 1. The molecule has 0 bridgehead atoms. The van der Waals surface area contributed by atoms with Crippen molar-refractivity contribution in [2.45, 2.75) is 18.1 Å². The van der Waals surface area contributed by atoms with Gasteiger partial charge in [-0.15, -0.1) is 0 Å². The average molecular weight is 237 g/mol. The van der Waals surface area contributed by atoms with Crippen molar-refractivity contribution in [3.8, 4) is 0 Å². The Kier molecular flexibility index (Phi) is 3.44. The van der Waals surface area contributed by atoms with Crippen molar-refractivity contribution >= 4 is 22.4 Å². The van der Waals surface area contributed by atoms with Crippen LogP contribution in [0, 0.1) is 0 Å². The smallest absolute Gasteiger partial charge is 0.154 e. The quantitative estimate of drug-likeness (QED) is 0.803. The predicted octanol–water partition coefficient (Wildman–Crippen LogP) is 2.30. The van der Waals surface area contributed by atoms with Crippen molar-refractivity contribution < 1.29 is 10.2 Å². The zero-order chi connectivity index (χ0) is 11.5. The number of hydrogen-bond acceptors (Lipinski definition) is 2. The first-order valence-electron chi connectivity index (χ1n) is 5.15. The lowest BCUT2D eigenvalue weighted by atomic mass is 10.00. The topological polar surface area (TPSA) is 40.5 Å². The summed E-state index contributed by atoms with van der Waals surface area (Å²) in [4.78, 5) is 0. The Bertz CT molecular complexity index is 477. The minimum absolute atomic E-state index is 0.353. The molecule has 2 nitrogen and oxygen atoms in total. The first-order chi connectivity index (χ1) is 7.68. The van der Waals surface area contributed by atoms with E-state index in [9.17, 15) is 5.11 Å². The second kappa shape index (κ2) is 4.83. The molecule has 16 heavy (non-hydrogen) atoms. The minimum Gasteiger partial charge on any atom is -0.389 e. The summed E-state index contributed by atoms with van der Waals surface area (Å²) in [5.74, 6) is 0. The molecule has 0 amide bonds. The van der Waals surface area contributed by atoms with Gasteiger partial charge in [-0.25, -0.2) is 0 Å². The van der Waals surface area contributed by atoms with Crippen LogP contribution >= 0.6 is 11.6 Å². The molecule has 84 valence electrons. The van der Waals surface area contributed by atoms with Gasteiger partial charge in [-0.2, -0.15) is 0 Å². The van der Waals surface area contributed by atoms with E-state index in [1.807, 2.05) is 42.5 Å². The fourth-order valence-corrected chi connectivity index (χ4v) is 1.88. The fraction of sp³-hybridized carbons (Fsp3) is 0.231. The first-order valence-corrected chi connectivity index (χ1v) is 5.59. The Labute approximate surface area is 99.1 Å². The molecular formula is C13H13ClO2. The second-order valence-electron chi connectivity index (χ2n) is 3.78. The number of hydrogen-bond donors (Lipinski definition) is 2. The van der Waals surface area contributed by atoms with Gasteiger partial charge in [-0.3, -0.25) is 0 Å². The zero-order valence-corrected chi connectivity index (χ0v) is 9.43. The van der Waals surface area contributed by atoms with Gasteiger partial charge >= 0.3 is 0 Å². The summed E-state index contributed by atoms with van der Waals surface area (Å²) in [6, 6.07) is 13.8. The van der Waals surface area contributed by atoms with Crippen molar-refractivity contribution in [3.05, 3.63) is 48.0 Å². The number of rotatable bonds is 3. The maximum absolute atomic E-state index is 9.56. The third-order valence-corrected chi connectivity index (χ3v) is 2.92. The number of aliphatic hydroxyl groups excluding tert-OH is 2. The first kappa shape index (κ1) is 11.4. The molecule has 3 heteroatoms. The van der Waals surface area contributed by atoms with Crippen molar-refractivity contribution in [2.24, 2.45) is 0 Å². The van der Waals surface area contributed by atoms with Gasteiger partial charge in [-0.05, 0) is 16.3 Å². The van der Waals surface area contributed by atoms with Gasteiger partial charge in [0, 0.05) is 6.42 Å². The molecule has 0 aromatic heterocycles. The molecule has 0 fully saturated rings. The van der Waals surface area contributed by atoms with Crippen molar-refractivity contribution in [2.75, 3.05) is 0 Å². The normalized spacial score (nSPS) is 14.9. The summed E-state index contributed by atoms with van der Waals surface area (Å²) in [7, 11) is 0. The second-order valence-corrected chi connectivity index (χ2v) is 4.23. The summed E-state index contributed by atoms with van der Waals surface area (Å²) < 4.78 is 0. The minimum atomic E-state index is -1.22. The fourth-order valence-electron chi connectivity index (χ4n) is 1.79. The van der Waals surface area contributed by atoms with E-state index in [2.05, 4.69) is 0 Å². The van der Waals surface area contributed by atoms with E-state index in [0.717, 1.165) is 16.3 Å². The molecule has 2 N–H and O–H groups in total. The molecule has 0 heterocycles. The van der Waals surface area contributed by atoms with Crippen LogP contribution in [0.1, 0.15) is 5.56 Å². The van der Waals surface area contributed by atoms with Gasteiger partial charge in [0.05, 0.1) is 6.10 Å². The summed E-state index contributed by atoms with van der Waals surface area (Å²) >= 11 is 5.43. The van der Waals surface area contributed by atoms with Gasteiger partial charge in [0.15, 0.2) is 5.56 Å². The maximum atomic E-state index is 9.56. The number of halogens is 1. The van der Waals surface area contributed by atoms with Crippen LogP contribution in [0.4, 0.5) is 0 Å². The summed E-state index contributed by atoms with van der Waals surface area (Å²) in [6.07, 6.45) is -0.584. The van der Waals surface area contributed by atoms with Crippen molar-refractivity contribution in [1.82, 2.24) is 0 Å². The molecule has 2 unspecified atom stereocenters. The van der Waals surface area contributed by atoms with Crippen molar-refractivity contribution in [1.29, 1.82) is 0 Å². The zero-order valence-electron chi connectivity index (χ0n) is 8.68. The van der Waals surface area contributed by atoms with Crippen LogP contribution in [0.3, 0.4) is 0 Å².